The summed E-state index contributed by atoms with van der Waals surface area (Å²) >= 11 is 0. The third-order valence-corrected chi connectivity index (χ3v) is 4.66. The van der Waals surface area contributed by atoms with E-state index in [1.807, 2.05) is 41.9 Å². The number of pyridine rings is 1. The van der Waals surface area contributed by atoms with E-state index in [9.17, 15) is 4.79 Å². The van der Waals surface area contributed by atoms with Crippen LogP contribution in [0.1, 0.15) is 41.5 Å². The van der Waals surface area contributed by atoms with Crippen LogP contribution in [-0.2, 0) is 6.54 Å². The van der Waals surface area contributed by atoms with Gasteiger partial charge in [-0.1, -0.05) is 6.92 Å². The van der Waals surface area contributed by atoms with Crippen molar-refractivity contribution in [3.05, 3.63) is 41.5 Å². The third-order valence-electron chi connectivity index (χ3n) is 4.66. The molecule has 2 aromatic heterocycles. The summed E-state index contributed by atoms with van der Waals surface area (Å²) in [6.07, 6.45) is 5.73. The lowest BCUT2D eigenvalue weighted by Crippen LogP contribution is -2.35. The number of aromatic nitrogens is 3. The Morgan fingerprint density at radius 3 is 2.80 bits per heavy atom. The van der Waals surface area contributed by atoms with Crippen LogP contribution >= 0.6 is 0 Å². The molecule has 0 aliphatic carbocycles. The zero-order chi connectivity index (χ0) is 17.8. The molecule has 3 heterocycles. The molecule has 0 unspecified atom stereocenters. The van der Waals surface area contributed by atoms with Gasteiger partial charge in [0.15, 0.2) is 0 Å². The van der Waals surface area contributed by atoms with Crippen LogP contribution in [0, 0.1) is 13.8 Å². The second-order valence-corrected chi connectivity index (χ2v) is 6.68. The van der Waals surface area contributed by atoms with Crippen molar-refractivity contribution < 1.29 is 4.79 Å². The lowest BCUT2D eigenvalue weighted by Gasteiger charge is -2.23. The van der Waals surface area contributed by atoms with E-state index in [4.69, 9.17) is 0 Å². The Morgan fingerprint density at radius 1 is 1.20 bits per heavy atom. The summed E-state index contributed by atoms with van der Waals surface area (Å²) in [5.74, 6) is 0.104. The Kier molecular flexibility index (Phi) is 5.36. The zero-order valence-corrected chi connectivity index (χ0v) is 15.4. The number of carbonyl (C=O) groups excluding carboxylic acids is 1. The highest BCUT2D eigenvalue weighted by molar-refractivity contribution is 5.95. The van der Waals surface area contributed by atoms with Gasteiger partial charge in [0.1, 0.15) is 0 Å². The molecule has 0 atom stereocenters. The van der Waals surface area contributed by atoms with Gasteiger partial charge >= 0.3 is 0 Å². The second-order valence-electron chi connectivity index (χ2n) is 6.68. The quantitative estimate of drug-likeness (QED) is 0.858. The molecule has 0 saturated carbocycles. The highest BCUT2D eigenvalue weighted by Crippen LogP contribution is 2.18. The highest BCUT2D eigenvalue weighted by Gasteiger charge is 2.23. The van der Waals surface area contributed by atoms with Crippen LogP contribution in [0.15, 0.2) is 24.5 Å². The van der Waals surface area contributed by atoms with Crippen LogP contribution < -0.4 is 4.90 Å². The number of anilines is 1. The summed E-state index contributed by atoms with van der Waals surface area (Å²) in [5, 5.41) is 4.46. The number of hydrogen-bond donors (Lipinski definition) is 0. The summed E-state index contributed by atoms with van der Waals surface area (Å²) in [6.45, 7) is 10.2. The van der Waals surface area contributed by atoms with Crippen molar-refractivity contribution in [1.82, 2.24) is 19.7 Å². The molecule has 2 aromatic rings. The summed E-state index contributed by atoms with van der Waals surface area (Å²) in [6, 6.07) is 4.15. The Bertz CT molecular complexity index is 739. The molecule has 0 radical (unpaired) electrons. The monoisotopic (exact) mass is 341 g/mol. The molecule has 1 amide bonds. The predicted octanol–water partition coefficient (Wildman–Crippen LogP) is 2.66. The van der Waals surface area contributed by atoms with Crippen LogP contribution in [0.25, 0.3) is 0 Å². The summed E-state index contributed by atoms with van der Waals surface area (Å²) in [5.41, 5.74) is 3.77. The maximum atomic E-state index is 12.9. The van der Waals surface area contributed by atoms with Gasteiger partial charge in [-0.3, -0.25) is 14.5 Å². The molecule has 25 heavy (non-hydrogen) atoms. The first kappa shape index (κ1) is 17.5. The van der Waals surface area contributed by atoms with Crippen LogP contribution in [0.5, 0.6) is 0 Å². The minimum Gasteiger partial charge on any atom is -0.370 e. The van der Waals surface area contributed by atoms with Gasteiger partial charge in [-0.15, -0.1) is 0 Å². The fraction of sp³-hybridized carbons (Fsp3) is 0.526. The lowest BCUT2D eigenvalue weighted by molar-refractivity contribution is 0.0766. The summed E-state index contributed by atoms with van der Waals surface area (Å²) in [4.78, 5) is 21.5. The molecule has 6 heteroatoms. The molecular weight excluding hydrogens is 314 g/mol. The molecule has 1 fully saturated rings. The van der Waals surface area contributed by atoms with Gasteiger partial charge in [-0.05, 0) is 38.8 Å². The highest BCUT2D eigenvalue weighted by atomic mass is 16.2. The zero-order valence-electron chi connectivity index (χ0n) is 15.4. The van der Waals surface area contributed by atoms with E-state index in [1.54, 1.807) is 0 Å². The summed E-state index contributed by atoms with van der Waals surface area (Å²) < 4.78 is 1.88. The Balaban J connectivity index is 1.69. The predicted molar refractivity (Wildman–Crippen MR) is 99.0 cm³/mol. The molecule has 134 valence electrons. The molecular formula is C19H27N5O. The van der Waals surface area contributed by atoms with E-state index in [0.717, 1.165) is 62.5 Å². The Hall–Kier alpha value is -2.37. The molecule has 0 aromatic carbocycles. The Labute approximate surface area is 149 Å². The third kappa shape index (κ3) is 4.00. The number of carbonyl (C=O) groups is 1. The number of rotatable bonds is 4. The molecule has 1 aliphatic rings. The topological polar surface area (TPSA) is 54.3 Å². The van der Waals surface area contributed by atoms with Crippen LogP contribution in [0.2, 0.25) is 0 Å². The largest absolute Gasteiger partial charge is 0.370 e. The molecule has 1 aliphatic heterocycles. The Morgan fingerprint density at radius 2 is 2.04 bits per heavy atom. The molecule has 0 spiro atoms. The van der Waals surface area contributed by atoms with Crippen LogP contribution in [-0.4, -0.2) is 51.8 Å². The minimum atomic E-state index is 0.104. The van der Waals surface area contributed by atoms with E-state index in [-0.39, 0.29) is 5.91 Å². The SMILES string of the molecule is CCCn1cc(C(=O)N2CCCN(c3ccnc(C)c3)CC2)c(C)n1. The standard InChI is InChI=1S/C19H27N5O/c1-4-8-24-14-18(16(3)21-24)19(25)23-10-5-9-22(11-12-23)17-6-7-20-15(2)13-17/h6-7,13-14H,4-5,8-12H2,1-3H3. The maximum Gasteiger partial charge on any atom is 0.257 e. The fourth-order valence-corrected chi connectivity index (χ4v) is 3.35. The fourth-order valence-electron chi connectivity index (χ4n) is 3.35. The number of aryl methyl sites for hydroxylation is 3. The van der Waals surface area contributed by atoms with Crippen molar-refractivity contribution in [3.63, 3.8) is 0 Å². The van der Waals surface area contributed by atoms with Gasteiger partial charge in [0.05, 0.1) is 11.3 Å². The maximum absolute atomic E-state index is 12.9. The van der Waals surface area contributed by atoms with E-state index >= 15 is 0 Å². The van der Waals surface area contributed by atoms with Crippen molar-refractivity contribution in [1.29, 1.82) is 0 Å². The van der Waals surface area contributed by atoms with Crippen molar-refractivity contribution >= 4 is 11.6 Å². The molecule has 0 N–H and O–H groups in total. The lowest BCUT2D eigenvalue weighted by atomic mass is 10.2. The number of nitrogens with zero attached hydrogens (tertiary/aromatic N) is 5. The average molecular weight is 341 g/mol. The second kappa shape index (κ2) is 7.68. The molecule has 0 bridgehead atoms. The van der Waals surface area contributed by atoms with Gasteiger partial charge < -0.3 is 9.80 Å². The van der Waals surface area contributed by atoms with Gasteiger partial charge in [0.25, 0.3) is 5.91 Å². The van der Waals surface area contributed by atoms with Gasteiger partial charge in [-0.25, -0.2) is 0 Å². The van der Waals surface area contributed by atoms with Crippen molar-refractivity contribution in [2.75, 3.05) is 31.1 Å². The van der Waals surface area contributed by atoms with Crippen molar-refractivity contribution in [2.45, 2.75) is 40.2 Å². The normalized spacial score (nSPS) is 15.3. The van der Waals surface area contributed by atoms with Crippen LogP contribution in [0.4, 0.5) is 5.69 Å². The number of hydrogen-bond acceptors (Lipinski definition) is 4. The van der Waals surface area contributed by atoms with Gasteiger partial charge in [0, 0.05) is 56.5 Å². The first-order valence-electron chi connectivity index (χ1n) is 9.09. The molecule has 3 rings (SSSR count). The van der Waals surface area contributed by atoms with Gasteiger partial charge in [0.2, 0.25) is 0 Å². The summed E-state index contributed by atoms with van der Waals surface area (Å²) in [7, 11) is 0. The van der Waals surface area contributed by atoms with E-state index in [2.05, 4.69) is 28.0 Å². The smallest absolute Gasteiger partial charge is 0.257 e. The minimum absolute atomic E-state index is 0.104. The molecule has 6 nitrogen and oxygen atoms in total. The van der Waals surface area contributed by atoms with Gasteiger partial charge in [-0.2, -0.15) is 5.10 Å². The molecule has 1 saturated heterocycles. The van der Waals surface area contributed by atoms with Crippen LogP contribution in [0.3, 0.4) is 0 Å². The first-order chi connectivity index (χ1) is 12.1. The van der Waals surface area contributed by atoms with E-state index < -0.39 is 0 Å². The van der Waals surface area contributed by atoms with E-state index in [0.29, 0.717) is 0 Å². The average Bonchev–Trinajstić information content (AvgIpc) is 2.81. The first-order valence-corrected chi connectivity index (χ1v) is 9.09. The van der Waals surface area contributed by atoms with Crippen molar-refractivity contribution in [3.8, 4) is 0 Å². The van der Waals surface area contributed by atoms with E-state index in [1.165, 1.54) is 5.69 Å². The number of amides is 1. The van der Waals surface area contributed by atoms with Crippen molar-refractivity contribution in [2.24, 2.45) is 0 Å².